The number of nitrogens with one attached hydrogen (secondary N) is 1. The number of hydrogen-bond donors (Lipinski definition) is 2. The summed E-state index contributed by atoms with van der Waals surface area (Å²) in [7, 11) is 0. The Bertz CT molecular complexity index is 1450. The van der Waals surface area contributed by atoms with E-state index in [0.29, 0.717) is 24.3 Å². The molecule has 1 aliphatic rings. The van der Waals surface area contributed by atoms with Crippen LogP contribution in [0.1, 0.15) is 36.8 Å². The Balaban J connectivity index is 1.29. The predicted octanol–water partition coefficient (Wildman–Crippen LogP) is 7.02. The third-order valence-corrected chi connectivity index (χ3v) is 7.40. The Hall–Kier alpha value is -4.45. The van der Waals surface area contributed by atoms with Crippen LogP contribution < -0.4 is 10.1 Å². The van der Waals surface area contributed by atoms with Crippen LogP contribution >= 0.6 is 0 Å². The van der Waals surface area contributed by atoms with E-state index in [1.54, 1.807) is 12.1 Å². The smallest absolute Gasteiger partial charge is 0.345 e. The maximum atomic E-state index is 14.0. The Morgan fingerprint density at radius 3 is 2.26 bits per heavy atom. The van der Waals surface area contributed by atoms with Crippen molar-refractivity contribution in [3.63, 3.8) is 0 Å². The van der Waals surface area contributed by atoms with E-state index in [4.69, 9.17) is 4.74 Å². The van der Waals surface area contributed by atoms with Crippen LogP contribution in [0.5, 0.6) is 5.75 Å². The van der Waals surface area contributed by atoms with E-state index in [1.165, 1.54) is 12.1 Å². The molecule has 1 unspecified atom stereocenters. The summed E-state index contributed by atoms with van der Waals surface area (Å²) in [6, 6.07) is 30.5. The van der Waals surface area contributed by atoms with Gasteiger partial charge in [-0.3, -0.25) is 4.79 Å². The Morgan fingerprint density at radius 1 is 0.846 bits per heavy atom. The van der Waals surface area contributed by atoms with Crippen LogP contribution in [0.4, 0.5) is 10.1 Å². The van der Waals surface area contributed by atoms with Crippen molar-refractivity contribution >= 4 is 17.6 Å². The molecule has 0 bridgehead atoms. The highest BCUT2D eigenvalue weighted by Gasteiger charge is 2.42. The van der Waals surface area contributed by atoms with Gasteiger partial charge in [0.25, 0.3) is 0 Å². The normalized spacial score (nSPS) is 14.9. The van der Waals surface area contributed by atoms with Gasteiger partial charge in [-0.25, -0.2) is 9.18 Å². The number of anilines is 1. The van der Waals surface area contributed by atoms with E-state index in [-0.39, 0.29) is 18.1 Å². The van der Waals surface area contributed by atoms with Crippen molar-refractivity contribution in [1.82, 2.24) is 0 Å². The van der Waals surface area contributed by atoms with E-state index in [2.05, 4.69) is 5.32 Å². The second-order valence-corrected chi connectivity index (χ2v) is 9.99. The highest BCUT2D eigenvalue weighted by molar-refractivity contribution is 5.99. The summed E-state index contributed by atoms with van der Waals surface area (Å²) in [6.45, 7) is 0. The van der Waals surface area contributed by atoms with E-state index < -0.39 is 17.5 Å². The number of carbonyl (C=O) groups excluding carboxylic acids is 1. The van der Waals surface area contributed by atoms with Crippen LogP contribution in [0.15, 0.2) is 103 Å². The molecule has 4 aromatic carbocycles. The van der Waals surface area contributed by atoms with Gasteiger partial charge in [0, 0.05) is 12.1 Å². The van der Waals surface area contributed by atoms with Gasteiger partial charge in [0.2, 0.25) is 5.91 Å². The second kappa shape index (κ2) is 11.5. The fourth-order valence-corrected chi connectivity index (χ4v) is 5.33. The average molecular weight is 524 g/mol. The second-order valence-electron chi connectivity index (χ2n) is 9.99. The summed E-state index contributed by atoms with van der Waals surface area (Å²) in [4.78, 5) is 25.3. The van der Waals surface area contributed by atoms with Crippen LogP contribution in [0.25, 0.3) is 11.1 Å². The molecule has 4 aromatic rings. The highest BCUT2D eigenvalue weighted by atomic mass is 19.1. The number of hydrogen-bond acceptors (Lipinski definition) is 3. The molecular weight excluding hydrogens is 493 g/mol. The van der Waals surface area contributed by atoms with E-state index >= 15 is 0 Å². The maximum Gasteiger partial charge on any atom is 0.345 e. The lowest BCUT2D eigenvalue weighted by Crippen LogP contribution is -2.38. The van der Waals surface area contributed by atoms with Crippen molar-refractivity contribution in [3.8, 4) is 16.9 Å². The molecule has 0 aliphatic heterocycles. The van der Waals surface area contributed by atoms with Gasteiger partial charge in [0.1, 0.15) is 11.6 Å². The van der Waals surface area contributed by atoms with Crippen LogP contribution in [0.2, 0.25) is 0 Å². The van der Waals surface area contributed by atoms with Crippen molar-refractivity contribution in [1.29, 1.82) is 0 Å². The number of carbonyl (C=O) groups is 2. The molecule has 39 heavy (non-hydrogen) atoms. The SMILES string of the molecule is O=C(O)C(Cc1ccccc1)Oc1cccc(-c2ccc(NC(=O)C3(c4cccc(F)c4)CCCC3)cc2)c1. The van der Waals surface area contributed by atoms with Gasteiger partial charge in [0.15, 0.2) is 6.10 Å². The summed E-state index contributed by atoms with van der Waals surface area (Å²) < 4.78 is 19.8. The van der Waals surface area contributed by atoms with Gasteiger partial charge >= 0.3 is 5.97 Å². The fraction of sp³-hybridized carbons (Fsp3) is 0.212. The fourth-order valence-electron chi connectivity index (χ4n) is 5.33. The standard InChI is InChI=1S/C33H30FNO4/c34-27-12-7-11-26(22-27)33(18-4-5-19-33)32(38)35-28-16-14-24(15-17-28)25-10-6-13-29(21-25)39-30(31(36)37)20-23-8-2-1-3-9-23/h1-3,6-17,21-22,30H,4-5,18-20H2,(H,35,38)(H,36,37). The predicted molar refractivity (Wildman–Crippen MR) is 149 cm³/mol. The molecular formula is C33H30FNO4. The average Bonchev–Trinajstić information content (AvgIpc) is 3.45. The molecule has 0 aromatic heterocycles. The van der Waals surface area contributed by atoms with Gasteiger partial charge in [-0.1, -0.05) is 79.6 Å². The number of benzene rings is 4. The minimum absolute atomic E-state index is 0.119. The molecule has 1 amide bonds. The number of halogens is 1. The third kappa shape index (κ3) is 6.01. The monoisotopic (exact) mass is 523 g/mol. The van der Waals surface area contributed by atoms with Crippen LogP contribution in [-0.4, -0.2) is 23.1 Å². The molecule has 1 aliphatic carbocycles. The molecule has 0 saturated heterocycles. The molecule has 1 atom stereocenters. The number of carboxylic acids is 1. The highest BCUT2D eigenvalue weighted by Crippen LogP contribution is 2.42. The Labute approximate surface area is 227 Å². The molecule has 6 heteroatoms. The lowest BCUT2D eigenvalue weighted by atomic mass is 9.78. The summed E-state index contributed by atoms with van der Waals surface area (Å²) in [5, 5.41) is 12.7. The van der Waals surface area contributed by atoms with E-state index in [9.17, 15) is 19.1 Å². The number of rotatable bonds is 9. The molecule has 2 N–H and O–H groups in total. The van der Waals surface area contributed by atoms with Crippen molar-refractivity contribution in [3.05, 3.63) is 120 Å². The van der Waals surface area contributed by atoms with E-state index in [0.717, 1.165) is 35.1 Å². The third-order valence-electron chi connectivity index (χ3n) is 7.40. The zero-order valence-corrected chi connectivity index (χ0v) is 21.5. The quantitative estimate of drug-likeness (QED) is 0.247. The zero-order valence-electron chi connectivity index (χ0n) is 21.5. The van der Waals surface area contributed by atoms with Gasteiger partial charge < -0.3 is 15.2 Å². The lowest BCUT2D eigenvalue weighted by molar-refractivity contribution is -0.145. The maximum absolute atomic E-state index is 14.0. The Kier molecular flexibility index (Phi) is 7.73. The van der Waals surface area contributed by atoms with Crippen molar-refractivity contribution < 1.29 is 23.8 Å². The molecule has 1 fully saturated rings. The van der Waals surface area contributed by atoms with Crippen molar-refractivity contribution in [2.24, 2.45) is 0 Å². The molecule has 0 radical (unpaired) electrons. The summed E-state index contributed by atoms with van der Waals surface area (Å²) in [5.74, 6) is -1.02. The number of amides is 1. The summed E-state index contributed by atoms with van der Waals surface area (Å²) >= 11 is 0. The first-order chi connectivity index (χ1) is 18.9. The minimum Gasteiger partial charge on any atom is -0.478 e. The largest absolute Gasteiger partial charge is 0.478 e. The van der Waals surface area contributed by atoms with E-state index in [1.807, 2.05) is 78.9 Å². The van der Waals surface area contributed by atoms with Gasteiger partial charge in [-0.05, 0) is 71.5 Å². The number of ether oxygens (including phenoxy) is 1. The first-order valence-corrected chi connectivity index (χ1v) is 13.1. The Morgan fingerprint density at radius 2 is 1.56 bits per heavy atom. The lowest BCUT2D eigenvalue weighted by Gasteiger charge is -2.28. The first-order valence-electron chi connectivity index (χ1n) is 13.1. The minimum atomic E-state index is -1.03. The number of aliphatic carboxylic acids is 1. The van der Waals surface area contributed by atoms with Gasteiger partial charge in [-0.2, -0.15) is 0 Å². The molecule has 1 saturated carbocycles. The van der Waals surface area contributed by atoms with Crippen LogP contribution in [0.3, 0.4) is 0 Å². The van der Waals surface area contributed by atoms with Gasteiger partial charge in [-0.15, -0.1) is 0 Å². The molecule has 198 valence electrons. The molecule has 0 spiro atoms. The molecule has 5 rings (SSSR count). The van der Waals surface area contributed by atoms with Crippen LogP contribution in [-0.2, 0) is 21.4 Å². The topological polar surface area (TPSA) is 75.6 Å². The van der Waals surface area contributed by atoms with Crippen molar-refractivity contribution in [2.75, 3.05) is 5.32 Å². The molecule has 5 nitrogen and oxygen atoms in total. The summed E-state index contributed by atoms with van der Waals surface area (Å²) in [6.07, 6.45) is 2.47. The molecule has 0 heterocycles. The summed E-state index contributed by atoms with van der Waals surface area (Å²) in [5.41, 5.74) is 3.30. The number of carboxylic acid groups (broad SMARTS) is 1. The first kappa shape index (κ1) is 26.2. The van der Waals surface area contributed by atoms with Gasteiger partial charge in [0.05, 0.1) is 5.41 Å². The van der Waals surface area contributed by atoms with Crippen molar-refractivity contribution in [2.45, 2.75) is 43.6 Å². The van der Waals surface area contributed by atoms with Crippen LogP contribution in [0, 0.1) is 5.82 Å². The zero-order chi connectivity index (χ0) is 27.2.